The Balaban J connectivity index is 1.92. The van der Waals surface area contributed by atoms with Gasteiger partial charge in [-0.05, 0) is 23.8 Å². The van der Waals surface area contributed by atoms with Crippen molar-refractivity contribution in [2.24, 2.45) is 0 Å². The van der Waals surface area contributed by atoms with Crippen LogP contribution in [0.5, 0.6) is 11.5 Å². The third-order valence-corrected chi connectivity index (χ3v) is 4.53. The number of fused-ring (bicyclic) bond motifs is 3. The summed E-state index contributed by atoms with van der Waals surface area (Å²) in [7, 11) is 0. The van der Waals surface area contributed by atoms with Crippen molar-refractivity contribution in [2.75, 3.05) is 0 Å². The highest BCUT2D eigenvalue weighted by molar-refractivity contribution is 5.87. The number of phenols is 2. The Morgan fingerprint density at radius 1 is 1.12 bits per heavy atom. The Labute approximate surface area is 137 Å². The monoisotopic (exact) mass is 324 g/mol. The van der Waals surface area contributed by atoms with Gasteiger partial charge >= 0.3 is 5.97 Å². The molecule has 4 rings (SSSR count). The van der Waals surface area contributed by atoms with Gasteiger partial charge in [-0.15, -0.1) is 0 Å². The summed E-state index contributed by atoms with van der Waals surface area (Å²) in [6.45, 7) is 0. The molecule has 0 radical (unpaired) electrons. The lowest BCUT2D eigenvalue weighted by atomic mass is 9.90. The van der Waals surface area contributed by atoms with Crippen molar-refractivity contribution in [3.8, 4) is 11.5 Å². The largest absolute Gasteiger partial charge is 0.508 e. The molecule has 24 heavy (non-hydrogen) atoms. The number of rotatable bonds is 2. The molecular formula is C18H16N2O4. The van der Waals surface area contributed by atoms with E-state index in [-0.39, 0.29) is 11.5 Å². The van der Waals surface area contributed by atoms with Gasteiger partial charge in [0.25, 0.3) is 0 Å². The molecule has 5 N–H and O–H groups in total. The Morgan fingerprint density at radius 2 is 1.92 bits per heavy atom. The van der Waals surface area contributed by atoms with E-state index >= 15 is 0 Å². The molecule has 0 spiro atoms. The number of carboxylic acids is 1. The number of phenolic OH excluding ortho intramolecular Hbond substituents is 2. The second-order valence-corrected chi connectivity index (χ2v) is 6.00. The summed E-state index contributed by atoms with van der Waals surface area (Å²) >= 11 is 0. The van der Waals surface area contributed by atoms with Crippen LogP contribution in [0.3, 0.4) is 0 Å². The normalized spacial score (nSPS) is 20.0. The molecule has 2 atom stereocenters. The number of hydrogen-bond donors (Lipinski definition) is 5. The van der Waals surface area contributed by atoms with Gasteiger partial charge < -0.3 is 20.3 Å². The summed E-state index contributed by atoms with van der Waals surface area (Å²) in [6.07, 6.45) is 0.365. The van der Waals surface area contributed by atoms with Gasteiger partial charge in [0.05, 0.1) is 6.04 Å². The number of aromatic nitrogens is 1. The number of hydrogen-bond acceptors (Lipinski definition) is 4. The molecule has 0 fully saturated rings. The van der Waals surface area contributed by atoms with Crippen molar-refractivity contribution in [2.45, 2.75) is 18.5 Å². The zero-order valence-corrected chi connectivity index (χ0v) is 12.7. The van der Waals surface area contributed by atoms with Crippen molar-refractivity contribution in [1.82, 2.24) is 10.3 Å². The first-order valence-electron chi connectivity index (χ1n) is 7.65. The van der Waals surface area contributed by atoms with E-state index in [1.165, 1.54) is 12.1 Å². The number of aromatic hydroxyl groups is 2. The highest BCUT2D eigenvalue weighted by Gasteiger charge is 2.34. The number of para-hydroxylation sites is 1. The number of carboxylic acid groups (broad SMARTS) is 1. The number of benzene rings is 2. The summed E-state index contributed by atoms with van der Waals surface area (Å²) in [5.74, 6) is -1.06. The smallest absolute Gasteiger partial charge is 0.321 e. The Bertz CT molecular complexity index is 947. The maximum absolute atomic E-state index is 11.6. The first-order chi connectivity index (χ1) is 11.5. The minimum atomic E-state index is -0.936. The minimum absolute atomic E-state index is 0.0429. The molecule has 0 aliphatic carbocycles. The number of H-pyrrole nitrogens is 1. The zero-order chi connectivity index (χ0) is 16.8. The molecule has 0 saturated carbocycles. The molecular weight excluding hydrogens is 308 g/mol. The standard InChI is InChI=1S/C18H16N2O4/c21-9-5-6-11(15(22)7-9)16-17-12(8-14(20-16)18(23)24)10-3-1-2-4-13(10)19-17/h1-7,14,16,19-22H,8H2,(H,23,24)/t14-,16-/m1/s1. The molecule has 2 heterocycles. The topological polar surface area (TPSA) is 106 Å². The molecule has 2 aromatic carbocycles. The first-order valence-corrected chi connectivity index (χ1v) is 7.65. The summed E-state index contributed by atoms with van der Waals surface area (Å²) in [6, 6.07) is 10.8. The van der Waals surface area contributed by atoms with Gasteiger partial charge in [-0.2, -0.15) is 0 Å². The number of nitrogens with one attached hydrogen (secondary N) is 2. The van der Waals surface area contributed by atoms with Crippen molar-refractivity contribution in [3.05, 3.63) is 59.3 Å². The average molecular weight is 324 g/mol. The van der Waals surface area contributed by atoms with Crippen LogP contribution >= 0.6 is 0 Å². The maximum atomic E-state index is 11.6. The lowest BCUT2D eigenvalue weighted by molar-refractivity contribution is -0.139. The van der Waals surface area contributed by atoms with Crippen LogP contribution in [0.4, 0.5) is 0 Å². The van der Waals surface area contributed by atoms with Crippen molar-refractivity contribution in [1.29, 1.82) is 0 Å². The van der Waals surface area contributed by atoms with Gasteiger partial charge in [-0.3, -0.25) is 10.1 Å². The molecule has 1 aliphatic heterocycles. The SMILES string of the molecule is O=C(O)[C@H]1Cc2c([nH]c3ccccc23)[C@@H](c2ccc(O)cc2O)N1. The van der Waals surface area contributed by atoms with E-state index in [9.17, 15) is 20.1 Å². The highest BCUT2D eigenvalue weighted by atomic mass is 16.4. The lowest BCUT2D eigenvalue weighted by Gasteiger charge is -2.30. The summed E-state index contributed by atoms with van der Waals surface area (Å²) in [4.78, 5) is 14.9. The predicted octanol–water partition coefficient (Wildman–Crippen LogP) is 2.27. The fraction of sp³-hybridized carbons (Fsp3) is 0.167. The van der Waals surface area contributed by atoms with Crippen LogP contribution in [0.25, 0.3) is 10.9 Å². The molecule has 0 unspecified atom stereocenters. The van der Waals surface area contributed by atoms with E-state index < -0.39 is 18.1 Å². The Morgan fingerprint density at radius 3 is 2.67 bits per heavy atom. The van der Waals surface area contributed by atoms with Crippen LogP contribution in [0.15, 0.2) is 42.5 Å². The highest BCUT2D eigenvalue weighted by Crippen LogP contribution is 2.38. The van der Waals surface area contributed by atoms with Crippen LogP contribution < -0.4 is 5.32 Å². The third-order valence-electron chi connectivity index (χ3n) is 4.53. The Hall–Kier alpha value is -2.99. The van der Waals surface area contributed by atoms with Crippen LogP contribution in [0, 0.1) is 0 Å². The van der Waals surface area contributed by atoms with Gasteiger partial charge in [0.15, 0.2) is 0 Å². The summed E-state index contributed by atoms with van der Waals surface area (Å²) in [5, 5.41) is 33.3. The third kappa shape index (κ3) is 2.19. The molecule has 0 saturated heterocycles. The van der Waals surface area contributed by atoms with Crippen LogP contribution in [-0.2, 0) is 11.2 Å². The zero-order valence-electron chi connectivity index (χ0n) is 12.7. The predicted molar refractivity (Wildman–Crippen MR) is 88.2 cm³/mol. The fourth-order valence-electron chi connectivity index (χ4n) is 3.41. The first kappa shape index (κ1) is 14.6. The second-order valence-electron chi connectivity index (χ2n) is 6.00. The molecule has 122 valence electrons. The van der Waals surface area contributed by atoms with E-state index in [4.69, 9.17) is 0 Å². The van der Waals surface area contributed by atoms with Crippen molar-refractivity contribution in [3.63, 3.8) is 0 Å². The number of carbonyl (C=O) groups is 1. The molecule has 6 nitrogen and oxygen atoms in total. The quantitative estimate of drug-likeness (QED) is 0.497. The van der Waals surface area contributed by atoms with Crippen LogP contribution in [0.1, 0.15) is 22.9 Å². The average Bonchev–Trinajstić information content (AvgIpc) is 2.93. The molecule has 3 aromatic rings. The van der Waals surface area contributed by atoms with E-state index in [2.05, 4.69) is 10.3 Å². The molecule has 1 aromatic heterocycles. The molecule has 6 heteroatoms. The molecule has 0 amide bonds. The van der Waals surface area contributed by atoms with E-state index in [1.54, 1.807) is 6.07 Å². The van der Waals surface area contributed by atoms with Gasteiger partial charge in [0.2, 0.25) is 0 Å². The molecule has 0 bridgehead atoms. The summed E-state index contributed by atoms with van der Waals surface area (Å²) < 4.78 is 0. The number of aliphatic carboxylic acids is 1. The number of aromatic amines is 1. The minimum Gasteiger partial charge on any atom is -0.508 e. The summed E-state index contributed by atoms with van der Waals surface area (Å²) in [5.41, 5.74) is 3.23. The van der Waals surface area contributed by atoms with Crippen LogP contribution in [0.2, 0.25) is 0 Å². The lowest BCUT2D eigenvalue weighted by Crippen LogP contribution is -2.44. The van der Waals surface area contributed by atoms with Crippen molar-refractivity contribution < 1.29 is 20.1 Å². The van der Waals surface area contributed by atoms with Gasteiger partial charge in [0.1, 0.15) is 17.5 Å². The fourth-order valence-corrected chi connectivity index (χ4v) is 3.41. The molecule has 1 aliphatic rings. The van der Waals surface area contributed by atoms with Gasteiger partial charge in [0, 0.05) is 34.6 Å². The second kappa shape index (κ2) is 5.28. The van der Waals surface area contributed by atoms with Gasteiger partial charge in [-0.1, -0.05) is 18.2 Å². The maximum Gasteiger partial charge on any atom is 0.321 e. The van der Waals surface area contributed by atoms with Crippen molar-refractivity contribution >= 4 is 16.9 Å². The van der Waals surface area contributed by atoms with E-state index in [0.717, 1.165) is 22.2 Å². The van der Waals surface area contributed by atoms with E-state index in [0.29, 0.717) is 12.0 Å². The van der Waals surface area contributed by atoms with Crippen LogP contribution in [-0.4, -0.2) is 32.3 Å². The van der Waals surface area contributed by atoms with Gasteiger partial charge in [-0.25, -0.2) is 0 Å². The van der Waals surface area contributed by atoms with E-state index in [1.807, 2.05) is 24.3 Å². The Kier molecular flexibility index (Phi) is 3.21.